The van der Waals surface area contributed by atoms with Gasteiger partial charge < -0.3 is 10.2 Å². The van der Waals surface area contributed by atoms with Gasteiger partial charge in [0.25, 0.3) is 0 Å². The molecule has 1 fully saturated rings. The van der Waals surface area contributed by atoms with Crippen LogP contribution in [0.1, 0.15) is 24.8 Å². The fourth-order valence-electron chi connectivity index (χ4n) is 3.51. The topological polar surface area (TPSA) is 51.4 Å². The second-order valence-corrected chi connectivity index (χ2v) is 6.16. The van der Waals surface area contributed by atoms with Gasteiger partial charge in [0.2, 0.25) is 0 Å². The highest BCUT2D eigenvalue weighted by Crippen LogP contribution is 2.37. The first-order valence-electron chi connectivity index (χ1n) is 7.22. The van der Waals surface area contributed by atoms with E-state index in [2.05, 4.69) is 21.3 Å². The van der Waals surface area contributed by atoms with Crippen LogP contribution in [-0.2, 0) is 0 Å². The van der Waals surface area contributed by atoms with E-state index in [0.29, 0.717) is 29.3 Å². The molecule has 1 N–H and O–H groups in total. The van der Waals surface area contributed by atoms with Gasteiger partial charge in [-0.15, -0.1) is 0 Å². The fraction of sp³-hybridized carbons (Fsp3) is 0.375. The second kappa shape index (κ2) is 4.87. The molecule has 106 valence electrons. The van der Waals surface area contributed by atoms with Gasteiger partial charge in [0, 0.05) is 41.7 Å². The maximum atomic E-state index is 9.00. The zero-order valence-electron chi connectivity index (χ0n) is 11.5. The first-order chi connectivity index (χ1) is 10.3. The normalized spacial score (nSPS) is 26.8. The van der Waals surface area contributed by atoms with E-state index in [-0.39, 0.29) is 0 Å². The van der Waals surface area contributed by atoms with E-state index in [4.69, 9.17) is 16.9 Å². The van der Waals surface area contributed by atoms with Crippen LogP contribution in [0.15, 0.2) is 34.5 Å². The molecule has 1 aromatic rings. The van der Waals surface area contributed by atoms with E-state index in [0.717, 1.165) is 12.1 Å². The van der Waals surface area contributed by atoms with Crippen molar-refractivity contribution < 1.29 is 0 Å². The Labute approximate surface area is 128 Å². The molecule has 4 rings (SSSR count). The summed E-state index contributed by atoms with van der Waals surface area (Å²) in [5.74, 6) is 0. The van der Waals surface area contributed by atoms with E-state index in [1.807, 2.05) is 18.3 Å². The lowest BCUT2D eigenvalue weighted by atomic mass is 9.98. The highest BCUT2D eigenvalue weighted by molar-refractivity contribution is 6.32. The van der Waals surface area contributed by atoms with Crippen molar-refractivity contribution in [2.24, 2.45) is 4.99 Å². The van der Waals surface area contributed by atoms with Crippen molar-refractivity contribution >= 4 is 23.5 Å². The number of benzene rings is 1. The lowest BCUT2D eigenvalue weighted by molar-refractivity contribution is 0.527. The minimum Gasteiger partial charge on any atom is -0.325 e. The molecular weight excluding hydrogens is 284 g/mol. The number of hydrogen-bond acceptors (Lipinski definition) is 4. The molecule has 3 heterocycles. The molecule has 21 heavy (non-hydrogen) atoms. The van der Waals surface area contributed by atoms with E-state index in [1.165, 1.54) is 24.1 Å². The number of nitrogens with one attached hydrogen (secondary N) is 1. The molecule has 2 atom stereocenters. The summed E-state index contributed by atoms with van der Waals surface area (Å²) in [7, 11) is 0. The molecule has 3 aliphatic heterocycles. The fourth-order valence-corrected chi connectivity index (χ4v) is 3.73. The first-order valence-corrected chi connectivity index (χ1v) is 7.60. The SMILES string of the molecule is N#Cc1ccc(N2CN=CC3=C2CC2CCC3N2)cc1Cl. The lowest BCUT2D eigenvalue weighted by Gasteiger charge is -2.36. The predicted molar refractivity (Wildman–Crippen MR) is 83.6 cm³/mol. The summed E-state index contributed by atoms with van der Waals surface area (Å²) in [5.41, 5.74) is 4.21. The summed E-state index contributed by atoms with van der Waals surface area (Å²) in [5, 5.41) is 13.1. The minimum absolute atomic E-state index is 0.444. The number of hydrogen-bond donors (Lipinski definition) is 1. The molecule has 0 saturated carbocycles. The molecule has 0 aromatic heterocycles. The smallest absolute Gasteiger partial charge is 0.114 e. The summed E-state index contributed by atoms with van der Waals surface area (Å²) in [6, 6.07) is 8.74. The summed E-state index contributed by atoms with van der Waals surface area (Å²) in [6.45, 7) is 0.625. The van der Waals surface area contributed by atoms with Gasteiger partial charge >= 0.3 is 0 Å². The highest BCUT2D eigenvalue weighted by atomic mass is 35.5. The molecule has 2 bridgehead atoms. The van der Waals surface area contributed by atoms with Crippen molar-refractivity contribution in [2.75, 3.05) is 11.6 Å². The van der Waals surface area contributed by atoms with Gasteiger partial charge in [0.15, 0.2) is 0 Å². The van der Waals surface area contributed by atoms with E-state index in [1.54, 1.807) is 6.07 Å². The molecule has 3 aliphatic rings. The molecule has 0 aliphatic carbocycles. The maximum Gasteiger partial charge on any atom is 0.114 e. The first kappa shape index (κ1) is 12.9. The third-order valence-electron chi connectivity index (χ3n) is 4.55. The number of nitrogens with zero attached hydrogens (tertiary/aromatic N) is 3. The Hall–Kier alpha value is -1.83. The van der Waals surface area contributed by atoms with E-state index >= 15 is 0 Å². The van der Waals surface area contributed by atoms with Crippen LogP contribution in [0.4, 0.5) is 5.69 Å². The van der Waals surface area contributed by atoms with Crippen LogP contribution in [0.3, 0.4) is 0 Å². The van der Waals surface area contributed by atoms with Crippen LogP contribution >= 0.6 is 11.6 Å². The third-order valence-corrected chi connectivity index (χ3v) is 4.87. The van der Waals surface area contributed by atoms with Gasteiger partial charge in [-0.3, -0.25) is 4.99 Å². The number of rotatable bonds is 1. The van der Waals surface area contributed by atoms with Crippen molar-refractivity contribution in [3.63, 3.8) is 0 Å². The summed E-state index contributed by atoms with van der Waals surface area (Å²) in [6.07, 6.45) is 5.48. The Kier molecular flexibility index (Phi) is 2.99. The van der Waals surface area contributed by atoms with E-state index in [9.17, 15) is 0 Å². The molecule has 5 heteroatoms. The van der Waals surface area contributed by atoms with Gasteiger partial charge in [-0.05, 0) is 31.0 Å². The molecule has 0 spiro atoms. The van der Waals surface area contributed by atoms with Gasteiger partial charge in [0.1, 0.15) is 12.7 Å². The Morgan fingerprint density at radius 2 is 2.29 bits per heavy atom. The van der Waals surface area contributed by atoms with Gasteiger partial charge in [0.05, 0.1) is 10.6 Å². The summed E-state index contributed by atoms with van der Waals surface area (Å²) >= 11 is 6.18. The number of aliphatic imine (C=N–C) groups is 1. The van der Waals surface area contributed by atoms with Crippen molar-refractivity contribution in [1.29, 1.82) is 5.26 Å². The summed E-state index contributed by atoms with van der Waals surface area (Å²) < 4.78 is 0. The standard InChI is InChI=1S/C16H15ClN4/c17-14-6-12(3-1-10(14)7-18)21-9-19-8-13-15-4-2-11(20-15)5-16(13)21/h1,3,6,8,11,15,20H,2,4-5,9H2. The van der Waals surface area contributed by atoms with Crippen molar-refractivity contribution in [3.8, 4) is 6.07 Å². The second-order valence-electron chi connectivity index (χ2n) is 5.76. The van der Waals surface area contributed by atoms with Crippen molar-refractivity contribution in [1.82, 2.24) is 5.32 Å². The maximum absolute atomic E-state index is 9.00. The molecule has 0 radical (unpaired) electrons. The highest BCUT2D eigenvalue weighted by Gasteiger charge is 2.36. The van der Waals surface area contributed by atoms with Crippen LogP contribution in [0.2, 0.25) is 5.02 Å². The van der Waals surface area contributed by atoms with Gasteiger partial charge in [-0.2, -0.15) is 5.26 Å². The Balaban J connectivity index is 1.74. The zero-order chi connectivity index (χ0) is 14.4. The number of nitriles is 1. The largest absolute Gasteiger partial charge is 0.325 e. The third kappa shape index (κ3) is 2.05. The molecule has 0 amide bonds. The monoisotopic (exact) mass is 298 g/mol. The minimum atomic E-state index is 0.444. The Morgan fingerprint density at radius 1 is 1.38 bits per heavy atom. The van der Waals surface area contributed by atoms with Crippen LogP contribution < -0.4 is 10.2 Å². The quantitative estimate of drug-likeness (QED) is 0.867. The number of anilines is 1. The predicted octanol–water partition coefficient (Wildman–Crippen LogP) is 2.84. The zero-order valence-corrected chi connectivity index (χ0v) is 12.3. The molecule has 2 unspecified atom stereocenters. The average Bonchev–Trinajstić information content (AvgIpc) is 2.89. The van der Waals surface area contributed by atoms with Crippen molar-refractivity contribution in [3.05, 3.63) is 40.1 Å². The Bertz CT molecular complexity index is 701. The van der Waals surface area contributed by atoms with Crippen LogP contribution in [0, 0.1) is 11.3 Å². The molecule has 4 nitrogen and oxygen atoms in total. The van der Waals surface area contributed by atoms with Gasteiger partial charge in [-0.25, -0.2) is 0 Å². The average molecular weight is 299 g/mol. The molecule has 1 aromatic carbocycles. The Morgan fingerprint density at radius 3 is 3.10 bits per heavy atom. The van der Waals surface area contributed by atoms with E-state index < -0.39 is 0 Å². The van der Waals surface area contributed by atoms with Crippen LogP contribution in [0.25, 0.3) is 0 Å². The summed E-state index contributed by atoms with van der Waals surface area (Å²) in [4.78, 5) is 6.73. The van der Waals surface area contributed by atoms with Crippen molar-refractivity contribution in [2.45, 2.75) is 31.3 Å². The van der Waals surface area contributed by atoms with Crippen LogP contribution in [0.5, 0.6) is 0 Å². The number of fused-ring (bicyclic) bond motifs is 3. The number of halogens is 1. The van der Waals surface area contributed by atoms with Crippen LogP contribution in [-0.4, -0.2) is 25.0 Å². The molecular formula is C16H15ClN4. The van der Waals surface area contributed by atoms with Gasteiger partial charge in [-0.1, -0.05) is 11.6 Å². The molecule has 1 saturated heterocycles. The lowest BCUT2D eigenvalue weighted by Crippen LogP contribution is -2.43.